The number of hydrogen-bond acceptors (Lipinski definition) is 6. The number of aryl methyl sites for hydroxylation is 2. The van der Waals surface area contributed by atoms with Gasteiger partial charge in [0.15, 0.2) is 11.0 Å². The van der Waals surface area contributed by atoms with Crippen molar-refractivity contribution in [1.82, 2.24) is 15.0 Å². The summed E-state index contributed by atoms with van der Waals surface area (Å²) >= 11 is 1.36. The van der Waals surface area contributed by atoms with Gasteiger partial charge in [0.05, 0.1) is 6.61 Å². The Hall–Kier alpha value is -1.66. The Morgan fingerprint density at radius 3 is 2.68 bits per heavy atom. The maximum Gasteiger partial charge on any atom is 0.224 e. The number of rotatable bonds is 4. The largest absolute Gasteiger partial charge is 0.396 e. The molecule has 1 aromatic heterocycles. The van der Waals surface area contributed by atoms with Crippen molar-refractivity contribution in [2.24, 2.45) is 0 Å². The monoisotopic (exact) mass is 276 g/mol. The molecule has 0 radical (unpaired) electrons. The second-order valence-electron chi connectivity index (χ2n) is 4.19. The molecule has 0 saturated heterocycles. The fraction of sp³-hybridized carbons (Fsp3) is 0.308. The number of nitrogens with two attached hydrogens (primary N) is 1. The number of nitrogens with zero attached hydrogens (tertiary/aromatic N) is 3. The molecule has 0 aliphatic carbocycles. The average Bonchev–Trinajstić information content (AvgIpc) is 2.35. The van der Waals surface area contributed by atoms with E-state index >= 15 is 0 Å². The van der Waals surface area contributed by atoms with Gasteiger partial charge in [-0.25, -0.2) is 4.98 Å². The van der Waals surface area contributed by atoms with E-state index in [-0.39, 0.29) is 12.6 Å². The van der Waals surface area contributed by atoms with E-state index in [1.54, 1.807) is 0 Å². The second kappa shape index (κ2) is 5.99. The highest BCUT2D eigenvalue weighted by Gasteiger charge is 2.09. The summed E-state index contributed by atoms with van der Waals surface area (Å²) in [4.78, 5) is 12.6. The van der Waals surface area contributed by atoms with Gasteiger partial charge in [0.25, 0.3) is 0 Å². The van der Waals surface area contributed by atoms with Crippen LogP contribution in [-0.4, -0.2) is 32.4 Å². The lowest BCUT2D eigenvalue weighted by atomic mass is 10.1. The molecule has 0 bridgehead atoms. The van der Waals surface area contributed by atoms with Crippen molar-refractivity contribution in [2.75, 3.05) is 18.1 Å². The van der Waals surface area contributed by atoms with Crippen molar-refractivity contribution < 1.29 is 5.11 Å². The summed E-state index contributed by atoms with van der Waals surface area (Å²) in [7, 11) is 0. The summed E-state index contributed by atoms with van der Waals surface area (Å²) in [6.07, 6.45) is 0. The predicted molar refractivity (Wildman–Crippen MR) is 77.0 cm³/mol. The SMILES string of the molecule is Cc1ccc(-c2nc(N)nc(SCCO)n2)c(C)c1. The fourth-order valence-electron chi connectivity index (χ4n) is 1.76. The van der Waals surface area contributed by atoms with Crippen LogP contribution in [0.15, 0.2) is 23.4 Å². The van der Waals surface area contributed by atoms with Gasteiger partial charge >= 0.3 is 0 Å². The summed E-state index contributed by atoms with van der Waals surface area (Å²) in [6.45, 7) is 4.14. The van der Waals surface area contributed by atoms with Crippen LogP contribution in [0.2, 0.25) is 0 Å². The molecule has 0 aliphatic heterocycles. The van der Waals surface area contributed by atoms with Crippen LogP contribution in [0.4, 0.5) is 5.95 Å². The number of nitrogen functional groups attached to an aromatic ring is 1. The van der Waals surface area contributed by atoms with Gasteiger partial charge in [-0.2, -0.15) is 9.97 Å². The highest BCUT2D eigenvalue weighted by atomic mass is 32.2. The molecule has 0 amide bonds. The highest BCUT2D eigenvalue weighted by Crippen LogP contribution is 2.23. The van der Waals surface area contributed by atoms with Crippen molar-refractivity contribution >= 4 is 17.7 Å². The number of anilines is 1. The number of aliphatic hydroxyl groups excluding tert-OH is 1. The summed E-state index contributed by atoms with van der Waals surface area (Å²) in [5, 5.41) is 9.37. The lowest BCUT2D eigenvalue weighted by molar-refractivity contribution is 0.322. The van der Waals surface area contributed by atoms with E-state index in [1.807, 2.05) is 26.0 Å². The van der Waals surface area contributed by atoms with E-state index in [1.165, 1.54) is 17.3 Å². The molecule has 3 N–H and O–H groups in total. The zero-order valence-corrected chi connectivity index (χ0v) is 11.7. The molecule has 19 heavy (non-hydrogen) atoms. The number of benzene rings is 1. The minimum Gasteiger partial charge on any atom is -0.396 e. The highest BCUT2D eigenvalue weighted by molar-refractivity contribution is 7.99. The van der Waals surface area contributed by atoms with E-state index in [9.17, 15) is 0 Å². The van der Waals surface area contributed by atoms with Crippen molar-refractivity contribution in [3.05, 3.63) is 29.3 Å². The summed E-state index contributed by atoms with van der Waals surface area (Å²) in [6, 6.07) is 6.08. The Bertz CT molecular complexity index is 589. The van der Waals surface area contributed by atoms with Crippen molar-refractivity contribution in [3.63, 3.8) is 0 Å². The third-order valence-electron chi connectivity index (χ3n) is 2.58. The Balaban J connectivity index is 2.41. The average molecular weight is 276 g/mol. The van der Waals surface area contributed by atoms with Crippen LogP contribution in [0, 0.1) is 13.8 Å². The van der Waals surface area contributed by atoms with Gasteiger partial charge in [-0.3, -0.25) is 0 Å². The first kappa shape index (κ1) is 13.8. The van der Waals surface area contributed by atoms with Crippen LogP contribution in [0.1, 0.15) is 11.1 Å². The predicted octanol–water partition coefficient (Wildman–Crippen LogP) is 1.82. The first-order chi connectivity index (χ1) is 9.10. The summed E-state index contributed by atoms with van der Waals surface area (Å²) in [5.41, 5.74) is 8.95. The van der Waals surface area contributed by atoms with Gasteiger partial charge in [0.1, 0.15) is 0 Å². The molecule has 0 saturated carbocycles. The number of thioether (sulfide) groups is 1. The third-order valence-corrected chi connectivity index (χ3v) is 3.40. The van der Waals surface area contributed by atoms with Gasteiger partial charge in [-0.1, -0.05) is 35.5 Å². The van der Waals surface area contributed by atoms with Crippen molar-refractivity contribution in [2.45, 2.75) is 19.0 Å². The first-order valence-electron chi connectivity index (χ1n) is 5.93. The summed E-state index contributed by atoms with van der Waals surface area (Å²) in [5.74, 6) is 1.31. The normalized spacial score (nSPS) is 10.7. The van der Waals surface area contributed by atoms with Gasteiger partial charge in [-0.15, -0.1) is 0 Å². The summed E-state index contributed by atoms with van der Waals surface area (Å²) < 4.78 is 0. The van der Waals surface area contributed by atoms with Crippen LogP contribution in [-0.2, 0) is 0 Å². The molecular formula is C13H16N4OS. The van der Waals surface area contributed by atoms with E-state index < -0.39 is 0 Å². The smallest absolute Gasteiger partial charge is 0.224 e. The maximum atomic E-state index is 8.83. The molecule has 0 spiro atoms. The molecule has 0 atom stereocenters. The van der Waals surface area contributed by atoms with Gasteiger partial charge in [0, 0.05) is 11.3 Å². The fourth-order valence-corrected chi connectivity index (χ4v) is 2.34. The second-order valence-corrected chi connectivity index (χ2v) is 5.25. The first-order valence-corrected chi connectivity index (χ1v) is 6.91. The minimum atomic E-state index is 0.0785. The Labute approximate surface area is 116 Å². The molecule has 0 unspecified atom stereocenters. The van der Waals surface area contributed by atoms with Gasteiger partial charge in [-0.05, 0) is 19.4 Å². The quantitative estimate of drug-likeness (QED) is 0.829. The topological polar surface area (TPSA) is 84.9 Å². The molecule has 1 aromatic carbocycles. The molecule has 2 rings (SSSR count). The van der Waals surface area contributed by atoms with Gasteiger partial charge in [0.2, 0.25) is 5.95 Å². The lowest BCUT2D eigenvalue weighted by Gasteiger charge is -2.07. The number of aliphatic hydroxyl groups is 1. The molecule has 0 aliphatic rings. The van der Waals surface area contributed by atoms with E-state index in [4.69, 9.17) is 10.8 Å². The molecule has 6 heteroatoms. The zero-order chi connectivity index (χ0) is 13.8. The Morgan fingerprint density at radius 1 is 1.21 bits per heavy atom. The van der Waals surface area contributed by atoms with E-state index in [2.05, 4.69) is 21.0 Å². The molecular weight excluding hydrogens is 260 g/mol. The van der Waals surface area contributed by atoms with E-state index in [0.717, 1.165) is 11.1 Å². The molecule has 100 valence electrons. The zero-order valence-electron chi connectivity index (χ0n) is 10.9. The third kappa shape index (κ3) is 3.42. The molecule has 1 heterocycles. The Kier molecular flexibility index (Phi) is 4.34. The standard InChI is InChI=1S/C13H16N4OS/c1-8-3-4-10(9(2)7-8)11-15-12(14)17-13(16-11)19-6-5-18/h3-4,7,18H,5-6H2,1-2H3,(H2,14,15,16,17). The molecule has 2 aromatic rings. The van der Waals surface area contributed by atoms with Crippen LogP contribution >= 0.6 is 11.8 Å². The molecule has 5 nitrogen and oxygen atoms in total. The minimum absolute atomic E-state index is 0.0785. The van der Waals surface area contributed by atoms with Crippen LogP contribution in [0.25, 0.3) is 11.4 Å². The molecule has 0 fully saturated rings. The number of aromatic nitrogens is 3. The van der Waals surface area contributed by atoms with Crippen LogP contribution in [0.3, 0.4) is 0 Å². The van der Waals surface area contributed by atoms with E-state index in [0.29, 0.717) is 16.7 Å². The van der Waals surface area contributed by atoms with Crippen molar-refractivity contribution in [3.8, 4) is 11.4 Å². The van der Waals surface area contributed by atoms with Crippen LogP contribution in [0.5, 0.6) is 0 Å². The van der Waals surface area contributed by atoms with Gasteiger partial charge < -0.3 is 10.8 Å². The number of hydrogen-bond donors (Lipinski definition) is 2. The van der Waals surface area contributed by atoms with Crippen molar-refractivity contribution in [1.29, 1.82) is 0 Å². The lowest BCUT2D eigenvalue weighted by Crippen LogP contribution is -2.03. The Morgan fingerprint density at radius 2 is 2.00 bits per heavy atom. The van der Waals surface area contributed by atoms with Crippen LogP contribution < -0.4 is 5.73 Å². The maximum absolute atomic E-state index is 8.83.